The van der Waals surface area contributed by atoms with E-state index < -0.39 is 11.7 Å². The fraction of sp³-hybridized carbons (Fsp3) is 0.421. The molecule has 0 unspecified atom stereocenters. The molecule has 0 radical (unpaired) electrons. The lowest BCUT2D eigenvalue weighted by Crippen LogP contribution is -2.36. The van der Waals surface area contributed by atoms with Crippen LogP contribution in [-0.2, 0) is 0 Å². The maximum Gasteiger partial charge on any atom is 0.230 e. The third-order valence-corrected chi connectivity index (χ3v) is 4.31. The molecule has 2 aromatic heterocycles. The first-order chi connectivity index (χ1) is 12.3. The van der Waals surface area contributed by atoms with Crippen molar-refractivity contribution < 1.29 is 28.8 Å². The number of pyridine rings is 1. The van der Waals surface area contributed by atoms with E-state index in [-0.39, 0.29) is 13.0 Å². The molecule has 140 valence electrons. The zero-order valence-corrected chi connectivity index (χ0v) is 15.3. The van der Waals surface area contributed by atoms with Gasteiger partial charge in [0.1, 0.15) is 5.75 Å². The highest BCUT2D eigenvalue weighted by Gasteiger charge is 2.24. The van der Waals surface area contributed by atoms with Crippen LogP contribution in [0.5, 0.6) is 17.2 Å². The summed E-state index contributed by atoms with van der Waals surface area (Å²) in [7, 11) is 3.13. The van der Waals surface area contributed by atoms with E-state index in [1.807, 2.05) is 0 Å². The molecule has 26 heavy (non-hydrogen) atoms. The summed E-state index contributed by atoms with van der Waals surface area (Å²) in [5.74, 6) is 1.66. The second kappa shape index (κ2) is 7.01. The molecule has 0 saturated heterocycles. The Morgan fingerprint density at radius 2 is 1.92 bits per heavy atom. The molecular formula is C19H23NO6. The van der Waals surface area contributed by atoms with Crippen molar-refractivity contribution in [3.8, 4) is 17.2 Å². The van der Waals surface area contributed by atoms with Gasteiger partial charge in [-0.1, -0.05) is 0 Å². The predicted octanol–water partition coefficient (Wildman–Crippen LogP) is 2.90. The van der Waals surface area contributed by atoms with Gasteiger partial charge in [-0.05, 0) is 26.0 Å². The molecule has 0 saturated carbocycles. The van der Waals surface area contributed by atoms with Gasteiger partial charge in [0, 0.05) is 17.9 Å². The Hall–Kier alpha value is -2.51. The lowest BCUT2D eigenvalue weighted by molar-refractivity contribution is -0.0557. The number of hydrogen-bond acceptors (Lipinski definition) is 7. The van der Waals surface area contributed by atoms with Gasteiger partial charge in [0.05, 0.1) is 49.7 Å². The number of hydrogen-bond donors (Lipinski definition) is 2. The van der Waals surface area contributed by atoms with Crippen molar-refractivity contribution in [3.63, 3.8) is 0 Å². The molecule has 1 atom stereocenters. The molecule has 2 N–H and O–H groups in total. The number of ether oxygens (including phenoxy) is 3. The van der Waals surface area contributed by atoms with Crippen LogP contribution in [0.15, 0.2) is 28.9 Å². The van der Waals surface area contributed by atoms with E-state index in [0.717, 1.165) is 10.8 Å². The molecule has 0 fully saturated rings. The summed E-state index contributed by atoms with van der Waals surface area (Å²) < 4.78 is 22.1. The smallest absolute Gasteiger partial charge is 0.230 e. The highest BCUT2D eigenvalue weighted by Crippen LogP contribution is 2.39. The summed E-state index contributed by atoms with van der Waals surface area (Å²) in [5.41, 5.74) is -0.0416. The van der Waals surface area contributed by atoms with Crippen LogP contribution in [0.1, 0.15) is 20.3 Å². The van der Waals surface area contributed by atoms with Crippen LogP contribution < -0.4 is 14.2 Å². The maximum atomic E-state index is 9.94. The summed E-state index contributed by atoms with van der Waals surface area (Å²) in [6.07, 6.45) is 0.947. The Balaban J connectivity index is 1.95. The van der Waals surface area contributed by atoms with Gasteiger partial charge in [-0.2, -0.15) is 0 Å². The molecule has 0 spiro atoms. The van der Waals surface area contributed by atoms with Gasteiger partial charge >= 0.3 is 0 Å². The first-order valence-corrected chi connectivity index (χ1v) is 8.31. The van der Waals surface area contributed by atoms with Gasteiger partial charge in [0.2, 0.25) is 5.71 Å². The molecule has 0 aliphatic heterocycles. The average Bonchev–Trinajstić information content (AvgIpc) is 3.06. The predicted molar refractivity (Wildman–Crippen MR) is 97.0 cm³/mol. The van der Waals surface area contributed by atoms with E-state index in [9.17, 15) is 10.2 Å². The normalized spacial score (nSPS) is 13.2. The molecule has 0 amide bonds. The van der Waals surface area contributed by atoms with Crippen molar-refractivity contribution >= 4 is 22.0 Å². The van der Waals surface area contributed by atoms with Crippen LogP contribution in [0, 0.1) is 0 Å². The van der Waals surface area contributed by atoms with Crippen molar-refractivity contribution in [2.75, 3.05) is 20.8 Å². The summed E-state index contributed by atoms with van der Waals surface area (Å²) in [6, 6.07) is 5.34. The van der Waals surface area contributed by atoms with Gasteiger partial charge in [-0.3, -0.25) is 0 Å². The topological polar surface area (TPSA) is 94.2 Å². The van der Waals surface area contributed by atoms with E-state index in [2.05, 4.69) is 4.98 Å². The SMILES string of the molecule is COc1cc2nc3occc3c(OC)c2cc1OCC[C@@H](O)C(C)(C)O. The fourth-order valence-electron chi connectivity index (χ4n) is 2.76. The third kappa shape index (κ3) is 3.40. The van der Waals surface area contributed by atoms with Crippen molar-refractivity contribution in [1.82, 2.24) is 4.98 Å². The monoisotopic (exact) mass is 361 g/mol. The molecule has 0 bridgehead atoms. The van der Waals surface area contributed by atoms with Gasteiger partial charge in [0.15, 0.2) is 11.5 Å². The first-order valence-electron chi connectivity index (χ1n) is 8.31. The number of nitrogens with zero attached hydrogens (tertiary/aromatic N) is 1. The highest BCUT2D eigenvalue weighted by molar-refractivity contribution is 6.00. The lowest BCUT2D eigenvalue weighted by atomic mass is 10.00. The van der Waals surface area contributed by atoms with E-state index in [1.54, 1.807) is 52.5 Å². The van der Waals surface area contributed by atoms with Crippen molar-refractivity contribution in [2.24, 2.45) is 0 Å². The first kappa shape index (κ1) is 18.3. The number of aliphatic hydroxyl groups is 2. The zero-order chi connectivity index (χ0) is 18.9. The second-order valence-electron chi connectivity index (χ2n) is 6.61. The summed E-state index contributed by atoms with van der Waals surface area (Å²) in [6.45, 7) is 3.33. The van der Waals surface area contributed by atoms with Crippen LogP contribution in [0.2, 0.25) is 0 Å². The molecule has 2 heterocycles. The van der Waals surface area contributed by atoms with Crippen molar-refractivity contribution in [3.05, 3.63) is 24.5 Å². The molecule has 1 aromatic carbocycles. The summed E-state index contributed by atoms with van der Waals surface area (Å²) >= 11 is 0. The highest BCUT2D eigenvalue weighted by atomic mass is 16.5. The minimum absolute atomic E-state index is 0.219. The Morgan fingerprint density at radius 3 is 2.58 bits per heavy atom. The van der Waals surface area contributed by atoms with Crippen LogP contribution in [0.25, 0.3) is 22.0 Å². The molecule has 0 aliphatic rings. The van der Waals surface area contributed by atoms with Crippen LogP contribution >= 0.6 is 0 Å². The quantitative estimate of drug-likeness (QED) is 0.668. The molecule has 0 aliphatic carbocycles. The summed E-state index contributed by atoms with van der Waals surface area (Å²) in [4.78, 5) is 4.48. The molecule has 3 rings (SSSR count). The fourth-order valence-corrected chi connectivity index (χ4v) is 2.76. The van der Waals surface area contributed by atoms with Crippen LogP contribution in [0.3, 0.4) is 0 Å². The number of fused-ring (bicyclic) bond motifs is 2. The Kier molecular flexibility index (Phi) is 4.93. The standard InChI is InChI=1S/C19H23NO6/c1-19(2,22)16(21)6-8-25-15-9-12-13(10-14(15)23-3)20-18-11(5-7-26-18)17(12)24-4/h5,7,9-10,16,21-22H,6,8H2,1-4H3/t16-/m1/s1. The third-order valence-electron chi connectivity index (χ3n) is 4.31. The Morgan fingerprint density at radius 1 is 1.15 bits per heavy atom. The minimum Gasteiger partial charge on any atom is -0.495 e. The Labute approximate surface area is 151 Å². The summed E-state index contributed by atoms with van der Waals surface area (Å²) in [5, 5.41) is 21.3. The molecule has 7 nitrogen and oxygen atoms in total. The van der Waals surface area contributed by atoms with Gasteiger partial charge in [-0.25, -0.2) is 4.98 Å². The number of aliphatic hydroxyl groups excluding tert-OH is 1. The van der Waals surface area contributed by atoms with Crippen molar-refractivity contribution in [1.29, 1.82) is 0 Å². The van der Waals surface area contributed by atoms with Crippen LogP contribution in [-0.4, -0.2) is 47.7 Å². The number of aromatic nitrogens is 1. The zero-order valence-electron chi connectivity index (χ0n) is 15.3. The largest absolute Gasteiger partial charge is 0.495 e. The number of methoxy groups -OCH3 is 2. The number of furan rings is 1. The van der Waals surface area contributed by atoms with E-state index >= 15 is 0 Å². The van der Waals surface area contributed by atoms with E-state index in [0.29, 0.717) is 28.5 Å². The molecule has 3 aromatic rings. The maximum absolute atomic E-state index is 9.94. The second-order valence-corrected chi connectivity index (χ2v) is 6.61. The van der Waals surface area contributed by atoms with Gasteiger partial charge in [-0.15, -0.1) is 0 Å². The number of benzene rings is 1. The lowest BCUT2D eigenvalue weighted by Gasteiger charge is -2.24. The van der Waals surface area contributed by atoms with E-state index in [1.165, 1.54) is 0 Å². The Bertz CT molecular complexity index is 912. The van der Waals surface area contributed by atoms with E-state index in [4.69, 9.17) is 18.6 Å². The van der Waals surface area contributed by atoms with Gasteiger partial charge in [0.25, 0.3) is 0 Å². The van der Waals surface area contributed by atoms with Crippen molar-refractivity contribution in [2.45, 2.75) is 32.0 Å². The average molecular weight is 361 g/mol. The number of rotatable bonds is 7. The molecular weight excluding hydrogens is 338 g/mol. The minimum atomic E-state index is -1.18. The van der Waals surface area contributed by atoms with Crippen LogP contribution in [0.4, 0.5) is 0 Å². The van der Waals surface area contributed by atoms with Gasteiger partial charge < -0.3 is 28.8 Å². The molecule has 7 heteroatoms.